The molecular formula is C18H26Si2Zn. The molecule has 0 aliphatic rings. The first-order chi connectivity index (χ1) is 9.21. The summed E-state index contributed by atoms with van der Waals surface area (Å²) in [6.45, 7) is 17.4. The van der Waals surface area contributed by atoms with Crippen molar-refractivity contribution in [3.8, 4) is 0 Å². The van der Waals surface area contributed by atoms with Crippen LogP contribution < -0.4 is 10.4 Å². The number of hydrogen-bond donors (Lipinski definition) is 0. The molecule has 0 unspecified atom stereocenters. The van der Waals surface area contributed by atoms with Crippen molar-refractivity contribution in [1.29, 1.82) is 0 Å². The Bertz CT molecular complexity index is 447. The Balaban J connectivity index is 0.000000364. The Labute approximate surface area is 145 Å². The fourth-order valence-electron chi connectivity index (χ4n) is 1.78. The molecule has 0 aromatic heterocycles. The van der Waals surface area contributed by atoms with E-state index in [1.54, 1.807) is 0 Å². The van der Waals surface area contributed by atoms with E-state index in [0.717, 1.165) is 0 Å². The molecule has 0 amide bonds. The van der Waals surface area contributed by atoms with Crippen LogP contribution in [0.5, 0.6) is 0 Å². The normalized spacial score (nSPS) is 11.0. The Morgan fingerprint density at radius 1 is 0.571 bits per heavy atom. The smallest absolute Gasteiger partial charge is 0.338 e. The Morgan fingerprint density at radius 3 is 0.952 bits per heavy atom. The molecular weight excluding hydrogens is 338 g/mol. The zero-order valence-electron chi connectivity index (χ0n) is 13.9. The third-order valence-corrected chi connectivity index (χ3v) is 6.90. The fourth-order valence-corrected chi connectivity index (χ4v) is 3.97. The van der Waals surface area contributed by atoms with Gasteiger partial charge in [0.05, 0.1) is 0 Å². The summed E-state index contributed by atoms with van der Waals surface area (Å²) in [4.78, 5) is 0. The van der Waals surface area contributed by atoms with Crippen LogP contribution in [0, 0.1) is 13.1 Å². The van der Waals surface area contributed by atoms with E-state index in [-0.39, 0.29) is 19.5 Å². The molecule has 2 aromatic carbocycles. The second-order valence-corrected chi connectivity index (χ2v) is 15.2. The third kappa shape index (κ3) is 7.89. The van der Waals surface area contributed by atoms with Crippen LogP contribution in [0.2, 0.25) is 26.2 Å². The SMILES string of the molecule is [CH2-][Si](C)(C)c1ccccc1.[CH2-][Si](C)(C)c1ccccc1.[Zn+2]. The fraction of sp³-hybridized carbons (Fsp3) is 0.222. The van der Waals surface area contributed by atoms with Gasteiger partial charge in [-0.1, -0.05) is 113 Å². The molecule has 2 aromatic rings. The summed E-state index contributed by atoms with van der Waals surface area (Å²) >= 11 is 0. The second kappa shape index (κ2) is 8.82. The summed E-state index contributed by atoms with van der Waals surface area (Å²) < 4.78 is 0. The molecule has 2 rings (SSSR count). The topological polar surface area (TPSA) is 0 Å². The molecule has 0 spiro atoms. The van der Waals surface area contributed by atoms with E-state index in [9.17, 15) is 0 Å². The average Bonchev–Trinajstić information content (AvgIpc) is 2.40. The van der Waals surface area contributed by atoms with E-state index in [4.69, 9.17) is 0 Å². The van der Waals surface area contributed by atoms with Crippen LogP contribution in [-0.2, 0) is 19.5 Å². The van der Waals surface area contributed by atoms with Gasteiger partial charge in [0.1, 0.15) is 0 Å². The van der Waals surface area contributed by atoms with Gasteiger partial charge < -0.3 is 13.1 Å². The summed E-state index contributed by atoms with van der Waals surface area (Å²) in [6.07, 6.45) is 0. The van der Waals surface area contributed by atoms with Crippen molar-refractivity contribution in [3.05, 3.63) is 73.8 Å². The van der Waals surface area contributed by atoms with Gasteiger partial charge in [-0.15, -0.1) is 0 Å². The molecule has 0 radical (unpaired) electrons. The van der Waals surface area contributed by atoms with E-state index in [1.807, 2.05) is 12.1 Å². The molecule has 0 N–H and O–H groups in total. The monoisotopic (exact) mass is 362 g/mol. The van der Waals surface area contributed by atoms with Crippen molar-refractivity contribution in [2.24, 2.45) is 0 Å². The zero-order chi connectivity index (χ0) is 15.2. The van der Waals surface area contributed by atoms with Crippen molar-refractivity contribution < 1.29 is 19.5 Å². The zero-order valence-corrected chi connectivity index (χ0v) is 18.9. The molecule has 0 aliphatic carbocycles. The van der Waals surface area contributed by atoms with Crippen LogP contribution >= 0.6 is 0 Å². The van der Waals surface area contributed by atoms with E-state index in [0.29, 0.717) is 0 Å². The number of hydrogen-bond acceptors (Lipinski definition) is 0. The molecule has 0 saturated heterocycles. The molecule has 0 heterocycles. The molecule has 108 valence electrons. The Kier molecular flexibility index (Phi) is 8.61. The molecule has 0 bridgehead atoms. The van der Waals surface area contributed by atoms with Gasteiger partial charge in [0.2, 0.25) is 0 Å². The summed E-state index contributed by atoms with van der Waals surface area (Å²) in [5.74, 6) is 0. The standard InChI is InChI=1S/2C9H13Si.Zn/c2*1-10(2,3)9-7-5-4-6-8-9;/h2*4-8H,1H2,2-3H3;/q2*-1;+2. The van der Waals surface area contributed by atoms with E-state index >= 15 is 0 Å². The largest absolute Gasteiger partial charge is 2.00 e. The molecule has 0 saturated carbocycles. The maximum atomic E-state index is 4.18. The molecule has 3 heteroatoms. The van der Waals surface area contributed by atoms with E-state index in [1.165, 1.54) is 10.4 Å². The predicted molar refractivity (Wildman–Crippen MR) is 97.8 cm³/mol. The molecule has 21 heavy (non-hydrogen) atoms. The first-order valence-corrected chi connectivity index (χ1v) is 13.4. The van der Waals surface area contributed by atoms with Gasteiger partial charge in [-0.25, -0.2) is 0 Å². The van der Waals surface area contributed by atoms with E-state index in [2.05, 4.69) is 87.8 Å². The van der Waals surface area contributed by atoms with Crippen LogP contribution in [0.3, 0.4) is 0 Å². The predicted octanol–water partition coefficient (Wildman–Crippen LogP) is 3.95. The van der Waals surface area contributed by atoms with Crippen LogP contribution in [0.15, 0.2) is 60.7 Å². The maximum absolute atomic E-state index is 4.18. The van der Waals surface area contributed by atoms with Crippen LogP contribution in [-0.4, -0.2) is 16.1 Å². The third-order valence-electron chi connectivity index (χ3n) is 3.11. The van der Waals surface area contributed by atoms with Gasteiger partial charge in [0.15, 0.2) is 0 Å². The summed E-state index contributed by atoms with van der Waals surface area (Å²) in [5.41, 5.74) is 0. The van der Waals surface area contributed by atoms with Crippen molar-refractivity contribution >= 4 is 26.5 Å². The minimum Gasteiger partial charge on any atom is -0.338 e. The Morgan fingerprint density at radius 2 is 0.810 bits per heavy atom. The minimum absolute atomic E-state index is 0. The average molecular weight is 364 g/mol. The quantitative estimate of drug-likeness (QED) is 0.560. The maximum Gasteiger partial charge on any atom is 2.00 e. The Hall–Kier alpha value is -0.503. The van der Waals surface area contributed by atoms with Gasteiger partial charge >= 0.3 is 19.5 Å². The van der Waals surface area contributed by atoms with Gasteiger partial charge in [0.25, 0.3) is 0 Å². The molecule has 0 atom stereocenters. The van der Waals surface area contributed by atoms with Crippen LogP contribution in [0.25, 0.3) is 0 Å². The van der Waals surface area contributed by atoms with Gasteiger partial charge in [-0.05, 0) is 0 Å². The number of rotatable bonds is 2. The first kappa shape index (κ1) is 20.5. The van der Waals surface area contributed by atoms with Crippen LogP contribution in [0.1, 0.15) is 0 Å². The second-order valence-electron chi connectivity index (χ2n) is 6.50. The van der Waals surface area contributed by atoms with Crippen molar-refractivity contribution in [3.63, 3.8) is 0 Å². The number of benzene rings is 2. The van der Waals surface area contributed by atoms with Gasteiger partial charge in [0, 0.05) is 0 Å². The van der Waals surface area contributed by atoms with Crippen molar-refractivity contribution in [1.82, 2.24) is 0 Å². The van der Waals surface area contributed by atoms with E-state index < -0.39 is 16.1 Å². The minimum atomic E-state index is -1.28. The molecule has 0 nitrogen and oxygen atoms in total. The first-order valence-electron chi connectivity index (χ1n) is 7.03. The van der Waals surface area contributed by atoms with Crippen molar-refractivity contribution in [2.45, 2.75) is 26.2 Å². The van der Waals surface area contributed by atoms with Gasteiger partial charge in [-0.2, -0.15) is 0 Å². The summed E-state index contributed by atoms with van der Waals surface area (Å²) in [5, 5.41) is 2.85. The summed E-state index contributed by atoms with van der Waals surface area (Å²) in [7, 11) is -2.57. The van der Waals surface area contributed by atoms with Gasteiger partial charge in [-0.3, -0.25) is 0 Å². The van der Waals surface area contributed by atoms with Crippen LogP contribution in [0.4, 0.5) is 0 Å². The molecule has 0 aliphatic heterocycles. The summed E-state index contributed by atoms with van der Waals surface area (Å²) in [6, 6.07) is 21.1. The van der Waals surface area contributed by atoms with Crippen molar-refractivity contribution in [2.75, 3.05) is 0 Å². The molecule has 0 fully saturated rings.